The molecule has 0 saturated heterocycles. The third-order valence-electron chi connectivity index (χ3n) is 2.16. The first-order valence-corrected chi connectivity index (χ1v) is 7.16. The van der Waals surface area contributed by atoms with E-state index in [1.54, 1.807) is 11.8 Å². The van der Waals surface area contributed by atoms with Crippen LogP contribution in [0, 0.1) is 0 Å². The van der Waals surface area contributed by atoms with Gasteiger partial charge in [0.25, 0.3) is 0 Å². The molecule has 0 atom stereocenters. The number of pyridine rings is 1. The highest BCUT2D eigenvalue weighted by molar-refractivity contribution is 9.10. The third-order valence-corrected chi connectivity index (χ3v) is 3.57. The molecule has 1 aromatic carbocycles. The maximum absolute atomic E-state index is 4.31. The molecular weight excluding hydrogens is 296 g/mol. The lowest BCUT2D eigenvalue weighted by molar-refractivity contribution is 1.12. The highest BCUT2D eigenvalue weighted by Gasteiger charge is 1.95. The second-order valence-electron chi connectivity index (χ2n) is 3.46. The van der Waals surface area contributed by atoms with Crippen molar-refractivity contribution in [2.45, 2.75) is 5.03 Å². The summed E-state index contributed by atoms with van der Waals surface area (Å²) in [7, 11) is 0. The predicted octanol–water partition coefficient (Wildman–Crippen LogP) is 4.05. The van der Waals surface area contributed by atoms with Gasteiger partial charge in [0.1, 0.15) is 0 Å². The van der Waals surface area contributed by atoms with E-state index < -0.39 is 0 Å². The minimum atomic E-state index is 0.937. The average molecular weight is 309 g/mol. The Morgan fingerprint density at radius 3 is 2.65 bits per heavy atom. The zero-order valence-corrected chi connectivity index (χ0v) is 11.7. The molecule has 0 aliphatic carbocycles. The molecule has 1 aromatic heterocycles. The highest BCUT2D eigenvalue weighted by Crippen LogP contribution is 2.17. The summed E-state index contributed by atoms with van der Waals surface area (Å²) in [6.45, 7) is 0.937. The fourth-order valence-corrected chi connectivity index (χ4v) is 2.29. The molecule has 4 heteroatoms. The summed E-state index contributed by atoms with van der Waals surface area (Å²) < 4.78 is 1.02. The quantitative estimate of drug-likeness (QED) is 0.666. The van der Waals surface area contributed by atoms with Crippen LogP contribution < -0.4 is 5.32 Å². The van der Waals surface area contributed by atoms with Crippen molar-refractivity contribution in [3.8, 4) is 0 Å². The Labute approximate surface area is 114 Å². The minimum Gasteiger partial charge on any atom is -0.384 e. The molecule has 0 unspecified atom stereocenters. The third kappa shape index (κ3) is 4.40. The Bertz CT molecular complexity index is 445. The lowest BCUT2D eigenvalue weighted by Gasteiger charge is -2.05. The molecule has 1 N–H and O–H groups in total. The molecule has 0 bridgehead atoms. The van der Waals surface area contributed by atoms with E-state index in [0.717, 1.165) is 27.5 Å². The molecule has 2 nitrogen and oxygen atoms in total. The number of aromatic nitrogens is 1. The van der Waals surface area contributed by atoms with Crippen LogP contribution in [0.15, 0.2) is 58.2 Å². The van der Waals surface area contributed by atoms with Crippen molar-refractivity contribution < 1.29 is 0 Å². The fourth-order valence-electron chi connectivity index (χ4n) is 1.35. The van der Waals surface area contributed by atoms with Crippen LogP contribution in [0.3, 0.4) is 0 Å². The molecule has 0 aliphatic rings. The summed E-state index contributed by atoms with van der Waals surface area (Å²) in [6.07, 6.45) is 1.83. The number of nitrogens with zero attached hydrogens (tertiary/aromatic N) is 1. The van der Waals surface area contributed by atoms with Gasteiger partial charge in [-0.1, -0.05) is 18.2 Å². The van der Waals surface area contributed by atoms with Crippen LogP contribution >= 0.6 is 27.7 Å². The van der Waals surface area contributed by atoms with Gasteiger partial charge in [-0.25, -0.2) is 4.98 Å². The second kappa shape index (κ2) is 6.67. The van der Waals surface area contributed by atoms with Gasteiger partial charge in [0.15, 0.2) is 0 Å². The Kier molecular flexibility index (Phi) is 4.88. The first kappa shape index (κ1) is 12.5. The van der Waals surface area contributed by atoms with Crippen molar-refractivity contribution in [3.05, 3.63) is 53.1 Å². The van der Waals surface area contributed by atoms with Crippen LogP contribution in [-0.4, -0.2) is 17.3 Å². The van der Waals surface area contributed by atoms with Gasteiger partial charge in [0.2, 0.25) is 0 Å². The van der Waals surface area contributed by atoms with E-state index in [9.17, 15) is 0 Å². The van der Waals surface area contributed by atoms with Crippen LogP contribution in [0.4, 0.5) is 5.69 Å². The van der Waals surface area contributed by atoms with Gasteiger partial charge in [-0.05, 0) is 40.2 Å². The molecule has 2 rings (SSSR count). The smallest absolute Gasteiger partial charge is 0.0961 e. The lowest BCUT2D eigenvalue weighted by Crippen LogP contribution is -2.03. The summed E-state index contributed by atoms with van der Waals surface area (Å²) in [5.41, 5.74) is 1.16. The number of para-hydroxylation sites is 1. The number of halogens is 1. The zero-order valence-electron chi connectivity index (χ0n) is 9.27. The Balaban J connectivity index is 1.71. The maximum atomic E-state index is 4.31. The highest BCUT2D eigenvalue weighted by atomic mass is 79.9. The maximum Gasteiger partial charge on any atom is 0.0961 e. The van der Waals surface area contributed by atoms with Gasteiger partial charge in [-0.2, -0.15) is 0 Å². The SMILES string of the molecule is Brc1ccc(SCCNc2ccccc2)nc1. The zero-order chi connectivity index (χ0) is 11.9. The van der Waals surface area contributed by atoms with Crippen LogP contribution in [0.5, 0.6) is 0 Å². The van der Waals surface area contributed by atoms with Crippen LogP contribution in [0.1, 0.15) is 0 Å². The summed E-state index contributed by atoms with van der Waals surface area (Å²) in [5, 5.41) is 4.43. The second-order valence-corrected chi connectivity index (χ2v) is 5.49. The predicted molar refractivity (Wildman–Crippen MR) is 77.6 cm³/mol. The minimum absolute atomic E-state index is 0.937. The molecule has 0 radical (unpaired) electrons. The Hall–Kier alpha value is -1.00. The first-order chi connectivity index (χ1) is 8.34. The molecule has 0 spiro atoms. The summed E-state index contributed by atoms with van der Waals surface area (Å²) in [5.74, 6) is 1.00. The van der Waals surface area contributed by atoms with Crippen molar-refractivity contribution in [1.29, 1.82) is 0 Å². The molecule has 0 saturated carbocycles. The van der Waals surface area contributed by atoms with Crippen LogP contribution in [0.2, 0.25) is 0 Å². The van der Waals surface area contributed by atoms with Crippen molar-refractivity contribution in [2.24, 2.45) is 0 Å². The van der Waals surface area contributed by atoms with E-state index in [4.69, 9.17) is 0 Å². The standard InChI is InChI=1S/C13H13BrN2S/c14-11-6-7-13(16-10-11)17-9-8-15-12-4-2-1-3-5-12/h1-7,10,15H,8-9H2. The van der Waals surface area contributed by atoms with Gasteiger partial charge in [-0.3, -0.25) is 0 Å². The number of thioether (sulfide) groups is 1. The van der Waals surface area contributed by atoms with Crippen molar-refractivity contribution >= 4 is 33.4 Å². The topological polar surface area (TPSA) is 24.9 Å². The van der Waals surface area contributed by atoms with Crippen molar-refractivity contribution in [3.63, 3.8) is 0 Å². The van der Waals surface area contributed by atoms with E-state index in [1.165, 1.54) is 0 Å². The van der Waals surface area contributed by atoms with E-state index in [-0.39, 0.29) is 0 Å². The number of benzene rings is 1. The van der Waals surface area contributed by atoms with Crippen LogP contribution in [-0.2, 0) is 0 Å². The average Bonchev–Trinajstić information content (AvgIpc) is 2.38. The van der Waals surface area contributed by atoms with Gasteiger partial charge in [0.05, 0.1) is 5.03 Å². The Morgan fingerprint density at radius 1 is 1.12 bits per heavy atom. The number of hydrogen-bond acceptors (Lipinski definition) is 3. The van der Waals surface area contributed by atoms with E-state index in [2.05, 4.69) is 38.4 Å². The molecule has 0 amide bonds. The van der Waals surface area contributed by atoms with Gasteiger partial charge in [0, 0.05) is 28.7 Å². The van der Waals surface area contributed by atoms with Gasteiger partial charge in [-0.15, -0.1) is 11.8 Å². The summed E-state index contributed by atoms with van der Waals surface area (Å²) in [6, 6.07) is 14.3. The van der Waals surface area contributed by atoms with E-state index in [0.29, 0.717) is 0 Å². The first-order valence-electron chi connectivity index (χ1n) is 5.38. The number of nitrogens with one attached hydrogen (secondary N) is 1. The molecule has 0 aliphatic heterocycles. The molecule has 1 heterocycles. The fraction of sp³-hybridized carbons (Fsp3) is 0.154. The van der Waals surface area contributed by atoms with E-state index >= 15 is 0 Å². The van der Waals surface area contributed by atoms with Gasteiger partial charge >= 0.3 is 0 Å². The lowest BCUT2D eigenvalue weighted by atomic mass is 10.3. The van der Waals surface area contributed by atoms with E-state index in [1.807, 2.05) is 36.5 Å². The molecule has 2 aromatic rings. The number of hydrogen-bond donors (Lipinski definition) is 1. The molecule has 0 fully saturated rings. The Morgan fingerprint density at radius 2 is 1.94 bits per heavy atom. The normalized spacial score (nSPS) is 10.2. The molecule has 17 heavy (non-hydrogen) atoms. The molecular formula is C13H13BrN2S. The monoisotopic (exact) mass is 308 g/mol. The van der Waals surface area contributed by atoms with Crippen molar-refractivity contribution in [1.82, 2.24) is 4.98 Å². The number of anilines is 1. The molecule has 88 valence electrons. The summed E-state index contributed by atoms with van der Waals surface area (Å²) >= 11 is 5.13. The number of rotatable bonds is 5. The van der Waals surface area contributed by atoms with Crippen molar-refractivity contribution in [2.75, 3.05) is 17.6 Å². The summed E-state index contributed by atoms with van der Waals surface area (Å²) in [4.78, 5) is 4.31. The van der Waals surface area contributed by atoms with Gasteiger partial charge < -0.3 is 5.32 Å². The van der Waals surface area contributed by atoms with Crippen LogP contribution in [0.25, 0.3) is 0 Å². The largest absolute Gasteiger partial charge is 0.384 e.